The van der Waals surface area contributed by atoms with Crippen molar-refractivity contribution < 1.29 is 122 Å². The van der Waals surface area contributed by atoms with Crippen molar-refractivity contribution in [1.29, 1.82) is 0 Å². The monoisotopic (exact) mass is 1840 g/mol. The second-order valence-electron chi connectivity index (χ2n) is 34.9. The molecule has 0 radical (unpaired) electrons. The van der Waals surface area contributed by atoms with Crippen molar-refractivity contribution in [1.82, 2.24) is 53.2 Å². The van der Waals surface area contributed by atoms with Crippen LogP contribution >= 0.6 is 11.6 Å². The first kappa shape index (κ1) is 98.5. The van der Waals surface area contributed by atoms with Crippen LogP contribution in [0.1, 0.15) is 211 Å². The van der Waals surface area contributed by atoms with Crippen LogP contribution in [0.3, 0.4) is 0 Å². The Bertz CT molecular complexity index is 5220. The van der Waals surface area contributed by atoms with E-state index in [1.165, 1.54) is 80.9 Å². The Morgan fingerprint density at radius 1 is 0.679 bits per heavy atom. The second kappa shape index (κ2) is 43.7. The summed E-state index contributed by atoms with van der Waals surface area (Å²) in [7, 11) is 1.50. The maximum atomic E-state index is 16.5. The number of phenols is 2. The highest BCUT2D eigenvalue weighted by molar-refractivity contribution is 6.32. The van der Waals surface area contributed by atoms with E-state index in [2.05, 4.69) is 84.5 Å². The Morgan fingerprint density at radius 2 is 1.34 bits per heavy atom. The van der Waals surface area contributed by atoms with E-state index in [9.17, 15) is 64.8 Å². The first-order valence-electron chi connectivity index (χ1n) is 44.5. The molecule has 21 N–H and O–H groups in total. The van der Waals surface area contributed by atoms with Gasteiger partial charge in [-0.15, -0.1) is 0 Å². The number of benzene rings is 6. The first-order valence-corrected chi connectivity index (χ1v) is 44.8. The van der Waals surface area contributed by atoms with Gasteiger partial charge in [0.15, 0.2) is 36.0 Å². The first-order chi connectivity index (χ1) is 62.5. The van der Waals surface area contributed by atoms with E-state index in [-0.39, 0.29) is 99.5 Å². The van der Waals surface area contributed by atoms with Gasteiger partial charge in [-0.3, -0.25) is 33.6 Å². The van der Waals surface area contributed by atoms with E-state index < -0.39 is 215 Å². The van der Waals surface area contributed by atoms with Crippen LogP contribution in [0.15, 0.2) is 91.0 Å². The highest BCUT2D eigenvalue weighted by Crippen LogP contribution is 2.50. The molecule has 0 aliphatic carbocycles. The van der Waals surface area contributed by atoms with Crippen LogP contribution in [0.5, 0.6) is 40.2 Å². The Morgan fingerprint density at radius 3 is 2.00 bits per heavy atom. The van der Waals surface area contributed by atoms with Crippen LogP contribution in [0, 0.1) is 19.8 Å². The molecule has 0 aromatic heterocycles. The van der Waals surface area contributed by atoms with Gasteiger partial charge in [0.1, 0.15) is 83.7 Å². The number of nitrogens with two attached hydrogens (primary N) is 1. The minimum Gasteiger partial charge on any atom is -0.508 e. The summed E-state index contributed by atoms with van der Waals surface area (Å²) in [6.45, 7) is 13.9. The third-order valence-corrected chi connectivity index (χ3v) is 24.9. The summed E-state index contributed by atoms with van der Waals surface area (Å²) in [5.74, 6) is -13.8. The minimum absolute atomic E-state index is 0.0292. The summed E-state index contributed by atoms with van der Waals surface area (Å²) >= 11 is 7.23. The predicted molar refractivity (Wildman–Crippen MR) is 475 cm³/mol. The SMILES string of the molecule is CCCCCCc1ccc(NC(=O)NCCCCNCc2c(O)cc3c(c2C)-c2cc(ccc2O)[C@H]2NC(=O)[C@@H]4NC(=O)[C@H](CC(N)=O)NC(=O)[C@H](NC(=O)[C@@H](CC(C)C)NC)[C@H](O)c5ccc(c(C)c5)Oc5cc4cc(c5O[C@@H]4O[C@H](CO)[C@@H](O)[C@H](O)[C@H]4O[C@H]4C[C@]5(C)NC(=O)O[C@@H]5[C@H](C)O4)Oc4ccc(cc4Cl)[C@@H](O)[C@H](NC2=O)C(=O)N[C@@H]3C(=O)O)cc1CCCCCC. The lowest BCUT2D eigenvalue weighted by Crippen LogP contribution is -2.63. The zero-order chi connectivity index (χ0) is 94.6. The average molecular weight is 1840 g/mol. The lowest BCUT2D eigenvalue weighted by atomic mass is 9.85. The van der Waals surface area contributed by atoms with Gasteiger partial charge in [0.2, 0.25) is 53.4 Å². The summed E-state index contributed by atoms with van der Waals surface area (Å²) in [4.78, 5) is 146. The molecule has 0 spiro atoms. The van der Waals surface area contributed by atoms with Crippen molar-refractivity contribution >= 4 is 76.7 Å². The van der Waals surface area contributed by atoms with Crippen molar-refractivity contribution in [3.05, 3.63) is 152 Å². The number of hydrogen-bond donors (Lipinski definition) is 20. The summed E-state index contributed by atoms with van der Waals surface area (Å²) in [6.07, 6.45) is -6.61. The van der Waals surface area contributed by atoms with E-state index in [4.69, 9.17) is 50.5 Å². The number of carbonyl (C=O) groups excluding carboxylic acids is 9. The van der Waals surface area contributed by atoms with Gasteiger partial charge in [0.25, 0.3) is 0 Å². The van der Waals surface area contributed by atoms with Gasteiger partial charge >= 0.3 is 18.1 Å². The third-order valence-electron chi connectivity index (χ3n) is 24.6. The van der Waals surface area contributed by atoms with Crippen LogP contribution < -0.4 is 78.4 Å². The van der Waals surface area contributed by atoms with Gasteiger partial charge in [-0.25, -0.2) is 14.4 Å². The van der Waals surface area contributed by atoms with Crippen LogP contribution in [0.4, 0.5) is 15.3 Å². The Kier molecular flexibility index (Phi) is 32.9. The number of primary amides is 1. The quantitative estimate of drug-likeness (QED) is 0.0193. The minimum atomic E-state index is -2.32. The molecule has 131 heavy (non-hydrogen) atoms. The molecule has 14 rings (SSSR count). The van der Waals surface area contributed by atoms with Gasteiger partial charge in [-0.1, -0.05) is 102 Å². The summed E-state index contributed by atoms with van der Waals surface area (Å²) in [5.41, 5.74) is 6.75. The largest absolute Gasteiger partial charge is 0.508 e. The molecule has 6 aromatic rings. The third kappa shape index (κ3) is 23.3. The molecule has 8 heterocycles. The number of carboxylic acid groups (broad SMARTS) is 1. The number of urea groups is 1. The van der Waals surface area contributed by atoms with Crippen molar-refractivity contribution in [3.63, 3.8) is 0 Å². The van der Waals surface area contributed by atoms with Gasteiger partial charge in [-0.2, -0.15) is 0 Å². The van der Waals surface area contributed by atoms with Crippen molar-refractivity contribution in [2.24, 2.45) is 11.7 Å². The summed E-state index contributed by atoms with van der Waals surface area (Å²) in [5, 5.41) is 125. The normalized spacial score (nSPS) is 25.6. The smallest absolute Gasteiger partial charge is 0.408 e. The zero-order valence-electron chi connectivity index (χ0n) is 74.5. The number of anilines is 1. The number of fused-ring (bicyclic) bond motifs is 16. The van der Waals surface area contributed by atoms with Gasteiger partial charge in [-0.05, 0) is 215 Å². The molecule has 10 amide bonds. The molecule has 8 aliphatic heterocycles. The number of nitrogens with one attached hydrogen (secondary N) is 11. The molecule has 708 valence electrons. The molecule has 18 atom stereocenters. The van der Waals surface area contributed by atoms with Gasteiger partial charge < -0.3 is 138 Å². The molecule has 11 bridgehead atoms. The maximum Gasteiger partial charge on any atom is 0.408 e. The highest BCUT2D eigenvalue weighted by atomic mass is 35.5. The molecule has 3 saturated heterocycles. The van der Waals surface area contributed by atoms with Crippen LogP contribution in [0.2, 0.25) is 5.02 Å². The molecule has 0 unspecified atom stereocenters. The lowest BCUT2D eigenvalue weighted by molar-refractivity contribution is -0.332. The number of aromatic hydroxyl groups is 2. The van der Waals surface area contributed by atoms with E-state index >= 15 is 24.0 Å². The second-order valence-corrected chi connectivity index (χ2v) is 35.3. The highest BCUT2D eigenvalue weighted by Gasteiger charge is 2.56. The Hall–Kier alpha value is -11.5. The molecular weight excluding hydrogens is 1720 g/mol. The predicted octanol–water partition coefficient (Wildman–Crippen LogP) is 7.09. The summed E-state index contributed by atoms with van der Waals surface area (Å²) < 4.78 is 45.0. The number of carboxylic acids is 1. The van der Waals surface area contributed by atoms with E-state index in [0.29, 0.717) is 25.1 Å². The van der Waals surface area contributed by atoms with E-state index in [0.717, 1.165) is 88.1 Å². The Balaban J connectivity index is 0.959. The fourth-order valence-corrected chi connectivity index (χ4v) is 17.7. The number of halogens is 1. The molecule has 0 saturated carbocycles. The number of hydrogen-bond acceptors (Lipinski definition) is 26. The number of alkyl carbamates (subject to hydrolysis) is 1. The molecular formula is C93H119ClN12O25. The number of aryl methyl sites for hydroxylation is 3. The number of aliphatic hydroxyl groups is 5. The maximum absolute atomic E-state index is 16.5. The summed E-state index contributed by atoms with van der Waals surface area (Å²) in [6, 6.07) is 6.01. The number of likely N-dealkylation sites (N-methyl/N-ethyl adjacent to an activating group) is 1. The number of carbonyl (C=O) groups is 10. The molecule has 3 fully saturated rings. The van der Waals surface area contributed by atoms with Gasteiger partial charge in [0.05, 0.1) is 35.7 Å². The Labute approximate surface area is 762 Å². The topological polar surface area (TPSA) is 556 Å². The van der Waals surface area contributed by atoms with Crippen molar-refractivity contribution in [3.8, 4) is 51.4 Å². The number of unbranched alkanes of at least 4 members (excludes halogenated alkanes) is 7. The lowest BCUT2D eigenvalue weighted by Gasteiger charge is -2.46. The van der Waals surface area contributed by atoms with E-state index in [1.807, 2.05) is 19.9 Å². The number of aliphatic hydroxyl groups excluding tert-OH is 5. The number of rotatable bonds is 31. The van der Waals surface area contributed by atoms with Crippen LogP contribution in [-0.4, -0.2) is 206 Å². The van der Waals surface area contributed by atoms with Crippen LogP contribution in [-0.2, 0) is 76.7 Å². The number of amides is 10. The zero-order valence-corrected chi connectivity index (χ0v) is 75.2. The number of phenolic OH excluding ortho intramolecular Hbond substituents is 2. The van der Waals surface area contributed by atoms with Crippen LogP contribution in [0.25, 0.3) is 11.1 Å². The molecule has 6 aromatic carbocycles. The fraction of sp³-hybridized carbons (Fsp3) is 0.505. The fourth-order valence-electron chi connectivity index (χ4n) is 17.5. The van der Waals surface area contributed by atoms with Crippen molar-refractivity contribution in [2.75, 3.05) is 32.1 Å². The molecule has 38 heteroatoms. The number of ether oxygens (including phenoxy) is 7. The molecule has 37 nitrogen and oxygen atoms in total. The number of aliphatic carboxylic acids is 1. The van der Waals surface area contributed by atoms with Crippen molar-refractivity contribution in [2.45, 2.75) is 267 Å². The van der Waals surface area contributed by atoms with Gasteiger partial charge in [0, 0.05) is 36.3 Å². The van der Waals surface area contributed by atoms with E-state index in [1.54, 1.807) is 13.8 Å². The molecule has 8 aliphatic rings. The standard InChI is InChI=1S/C93H119ClN12O25/c1-10-12-14-16-20-48-22-26-54(34-49(48)21-17-15-13-11-2)99-91(123)98-31-19-18-30-97-42-57-46(6)70-55-35-50(23-27-61(55)108)71-85(117)105-75(88(120)103-73(89(121)122)56(70)39-62(57)109)77(112)52-25-29-64(58(94)36-52)127-66-38-53-37-65(80(66)130-90-81(79(114)78(113)67(43-107)128-90)129-69-41-93(8)82(47(7)125-69)131-92(124)106-93)126-63-28-24-51(33-45(63)5)76(111)74(104-83(115)59(96-9)32-44(3)4)87(119)100-60(40-68(95)110)84(116)101-72(53)86(118)102-71/h22-29,33-39,44,47,59-60,67,69,71-79,81-82,90,96-97,107-109,111-114H,10-21,30-32,40-43H2,1-9H3,(H2,95,110)(H,100,119)(H,101,116)(H,102,118)(H,103,120)(H,104,115)(H,105,117)(H,106,124)(H,121,122)(H2,98,99,123)/t47-,59+,60-,67+,69-,71+,72+,73-,74+,75-,76+,77+,78+,79-,81+,82+,90-,93-/m0/s1. The average Bonchev–Trinajstić information content (AvgIpc) is 1.71.